The molecule has 1 aliphatic heterocycles. The number of Topliss-reactive ketones (excluding diaryl/α,β-unsaturated/α-hetero) is 1. The summed E-state index contributed by atoms with van der Waals surface area (Å²) in [6.07, 6.45) is 3.55. The molecule has 1 unspecified atom stereocenters. The maximum Gasteiger partial charge on any atom is 0.250 e. The number of sulfonamides is 1. The van der Waals surface area contributed by atoms with E-state index in [1.807, 2.05) is 12.1 Å². The molecular weight excluding hydrogens is 466 g/mol. The van der Waals surface area contributed by atoms with Gasteiger partial charge in [0.25, 0.3) is 5.56 Å². The van der Waals surface area contributed by atoms with Gasteiger partial charge < -0.3 is 9.88 Å². The Labute approximate surface area is 204 Å². The topological polar surface area (TPSA) is 106 Å². The second-order valence-electron chi connectivity index (χ2n) is 8.56. The van der Waals surface area contributed by atoms with Crippen molar-refractivity contribution in [2.24, 2.45) is 0 Å². The lowest BCUT2D eigenvalue weighted by atomic mass is 10.0. The number of hydrogen-bond acceptors (Lipinski definition) is 5. The molecule has 0 radical (unpaired) electrons. The maximum atomic E-state index is 13.3. The van der Waals surface area contributed by atoms with E-state index < -0.39 is 16.1 Å². The van der Waals surface area contributed by atoms with Crippen LogP contribution in [0.1, 0.15) is 42.1 Å². The highest BCUT2D eigenvalue weighted by atomic mass is 32.2. The van der Waals surface area contributed by atoms with Gasteiger partial charge in [-0.25, -0.2) is 8.42 Å². The Balaban J connectivity index is 1.48. The van der Waals surface area contributed by atoms with Crippen molar-refractivity contribution in [3.8, 4) is 0 Å². The van der Waals surface area contributed by atoms with Crippen LogP contribution in [0, 0.1) is 0 Å². The van der Waals surface area contributed by atoms with Gasteiger partial charge in [-0.3, -0.25) is 14.4 Å². The summed E-state index contributed by atoms with van der Waals surface area (Å²) in [5.41, 5.74) is 1.77. The maximum absolute atomic E-state index is 13.3. The van der Waals surface area contributed by atoms with E-state index in [-0.39, 0.29) is 28.7 Å². The van der Waals surface area contributed by atoms with Crippen molar-refractivity contribution in [3.05, 3.63) is 94.4 Å². The van der Waals surface area contributed by atoms with Gasteiger partial charge in [0, 0.05) is 30.1 Å². The summed E-state index contributed by atoms with van der Waals surface area (Å²) in [4.78, 5) is 36.6. The first-order valence-corrected chi connectivity index (χ1v) is 12.9. The third-order valence-corrected chi connectivity index (χ3v) is 8.02. The fourth-order valence-corrected chi connectivity index (χ4v) is 5.82. The van der Waals surface area contributed by atoms with Crippen molar-refractivity contribution in [1.82, 2.24) is 8.87 Å². The molecule has 8 nitrogen and oxygen atoms in total. The number of rotatable bonds is 7. The van der Waals surface area contributed by atoms with Crippen molar-refractivity contribution in [1.29, 1.82) is 0 Å². The molecule has 35 heavy (non-hydrogen) atoms. The van der Waals surface area contributed by atoms with Crippen molar-refractivity contribution >= 4 is 27.4 Å². The molecule has 9 heteroatoms. The second-order valence-corrected chi connectivity index (χ2v) is 10.5. The van der Waals surface area contributed by atoms with Gasteiger partial charge in [0.15, 0.2) is 5.78 Å². The SMILES string of the molecule is CC(=O)c1ccc(S(=O)(=O)N2CCCCC2C(=O)Nc2ccc(Cn3ccccc3=O)cc2)cc1. The van der Waals surface area contributed by atoms with Crippen LogP contribution in [0.4, 0.5) is 5.69 Å². The summed E-state index contributed by atoms with van der Waals surface area (Å²) in [6, 6.07) is 17.1. The number of nitrogens with one attached hydrogen (secondary N) is 1. The Morgan fingerprint density at radius 2 is 1.69 bits per heavy atom. The molecule has 1 N–H and O–H groups in total. The quantitative estimate of drug-likeness (QED) is 0.509. The zero-order valence-electron chi connectivity index (χ0n) is 19.4. The lowest BCUT2D eigenvalue weighted by Crippen LogP contribution is -2.49. The van der Waals surface area contributed by atoms with Crippen molar-refractivity contribution in [2.75, 3.05) is 11.9 Å². The molecule has 1 aromatic heterocycles. The monoisotopic (exact) mass is 493 g/mol. The molecule has 0 aliphatic carbocycles. The Morgan fingerprint density at radius 1 is 0.971 bits per heavy atom. The van der Waals surface area contributed by atoms with Gasteiger partial charge in [-0.05, 0) is 55.7 Å². The molecule has 1 atom stereocenters. The third-order valence-electron chi connectivity index (χ3n) is 6.10. The van der Waals surface area contributed by atoms with Crippen LogP contribution in [0.25, 0.3) is 0 Å². The van der Waals surface area contributed by atoms with Crippen LogP contribution in [0.15, 0.2) is 82.6 Å². The highest BCUT2D eigenvalue weighted by Gasteiger charge is 2.37. The number of benzene rings is 2. The lowest BCUT2D eigenvalue weighted by Gasteiger charge is -2.33. The van der Waals surface area contributed by atoms with E-state index in [0.29, 0.717) is 30.6 Å². The Kier molecular flexibility index (Phi) is 7.28. The molecule has 2 aromatic carbocycles. The van der Waals surface area contributed by atoms with Crippen LogP contribution >= 0.6 is 0 Å². The number of hydrogen-bond donors (Lipinski definition) is 1. The molecule has 1 saturated heterocycles. The molecule has 4 rings (SSSR count). The minimum Gasteiger partial charge on any atom is -0.325 e. The molecule has 1 fully saturated rings. The molecule has 0 saturated carbocycles. The minimum absolute atomic E-state index is 0.0581. The van der Waals surface area contributed by atoms with Crippen LogP contribution in [0.3, 0.4) is 0 Å². The van der Waals surface area contributed by atoms with Crippen molar-refractivity contribution in [2.45, 2.75) is 43.7 Å². The van der Waals surface area contributed by atoms with Gasteiger partial charge >= 0.3 is 0 Å². The van der Waals surface area contributed by atoms with Crippen LogP contribution < -0.4 is 10.9 Å². The van der Waals surface area contributed by atoms with E-state index in [2.05, 4.69) is 5.32 Å². The number of carbonyl (C=O) groups excluding carboxylic acids is 2. The average Bonchev–Trinajstić information content (AvgIpc) is 2.86. The van der Waals surface area contributed by atoms with E-state index in [9.17, 15) is 22.8 Å². The number of carbonyl (C=O) groups is 2. The number of aromatic nitrogens is 1. The molecule has 0 spiro atoms. The number of anilines is 1. The predicted octanol–water partition coefficient (Wildman–Crippen LogP) is 3.28. The normalized spacial score (nSPS) is 16.5. The first-order valence-electron chi connectivity index (χ1n) is 11.4. The van der Waals surface area contributed by atoms with E-state index >= 15 is 0 Å². The number of piperidine rings is 1. The van der Waals surface area contributed by atoms with E-state index in [1.54, 1.807) is 35.0 Å². The predicted molar refractivity (Wildman–Crippen MR) is 133 cm³/mol. The third kappa shape index (κ3) is 5.58. The van der Waals surface area contributed by atoms with Gasteiger partial charge in [0.05, 0.1) is 11.4 Å². The largest absolute Gasteiger partial charge is 0.325 e. The molecule has 1 aliphatic rings. The number of amides is 1. The highest BCUT2D eigenvalue weighted by molar-refractivity contribution is 7.89. The lowest BCUT2D eigenvalue weighted by molar-refractivity contribution is -0.120. The van der Waals surface area contributed by atoms with Crippen LogP contribution in [-0.2, 0) is 21.4 Å². The van der Waals surface area contributed by atoms with Gasteiger partial charge in [-0.15, -0.1) is 0 Å². The highest BCUT2D eigenvalue weighted by Crippen LogP contribution is 2.27. The van der Waals surface area contributed by atoms with Crippen LogP contribution in [0.2, 0.25) is 0 Å². The fourth-order valence-electron chi connectivity index (χ4n) is 4.16. The molecular formula is C26H27N3O5S. The number of ketones is 1. The van der Waals surface area contributed by atoms with Gasteiger partial charge in [-0.2, -0.15) is 4.31 Å². The smallest absolute Gasteiger partial charge is 0.250 e. The Hall–Kier alpha value is -3.56. The Morgan fingerprint density at radius 3 is 2.34 bits per heavy atom. The number of pyridine rings is 1. The first kappa shape index (κ1) is 24.6. The molecule has 1 amide bonds. The number of nitrogens with zero attached hydrogens (tertiary/aromatic N) is 2. The van der Waals surface area contributed by atoms with Crippen molar-refractivity contribution in [3.63, 3.8) is 0 Å². The summed E-state index contributed by atoms with van der Waals surface area (Å²) >= 11 is 0. The molecule has 0 bridgehead atoms. The van der Waals surface area contributed by atoms with E-state index in [0.717, 1.165) is 12.0 Å². The molecule has 2 heterocycles. The zero-order valence-corrected chi connectivity index (χ0v) is 20.2. The Bertz CT molecular complexity index is 1380. The summed E-state index contributed by atoms with van der Waals surface area (Å²) in [7, 11) is -3.91. The molecule has 3 aromatic rings. The summed E-state index contributed by atoms with van der Waals surface area (Å²) in [5, 5.41) is 2.83. The van der Waals surface area contributed by atoms with E-state index in [1.165, 1.54) is 41.6 Å². The summed E-state index contributed by atoms with van der Waals surface area (Å²) in [6.45, 7) is 2.08. The van der Waals surface area contributed by atoms with Gasteiger partial charge in [-0.1, -0.05) is 36.8 Å². The van der Waals surface area contributed by atoms with Crippen LogP contribution in [0.5, 0.6) is 0 Å². The van der Waals surface area contributed by atoms with Crippen molar-refractivity contribution < 1.29 is 18.0 Å². The summed E-state index contributed by atoms with van der Waals surface area (Å²) < 4.78 is 29.5. The fraction of sp³-hybridized carbons (Fsp3) is 0.269. The van der Waals surface area contributed by atoms with Crippen LogP contribution in [-0.4, -0.2) is 41.6 Å². The minimum atomic E-state index is -3.91. The average molecular weight is 494 g/mol. The molecule has 182 valence electrons. The summed E-state index contributed by atoms with van der Waals surface area (Å²) in [5.74, 6) is -0.535. The zero-order chi connectivity index (χ0) is 25.0. The first-order chi connectivity index (χ1) is 16.8. The van der Waals surface area contributed by atoms with E-state index in [4.69, 9.17) is 0 Å². The van der Waals surface area contributed by atoms with Gasteiger partial charge in [0.1, 0.15) is 6.04 Å². The second kappa shape index (κ2) is 10.4. The standard InChI is InChI=1S/C26H27N3O5S/c1-19(30)21-10-14-23(15-11-21)35(33,34)29-17-5-2-6-24(29)26(32)27-22-12-8-20(9-13-22)18-28-16-4-3-7-25(28)31/h3-4,7-16,24H,2,5-6,17-18H2,1H3,(H,27,32). The van der Waals surface area contributed by atoms with Gasteiger partial charge in [0.2, 0.25) is 15.9 Å².